The van der Waals surface area contributed by atoms with E-state index < -0.39 is 0 Å². The molecule has 3 nitrogen and oxygen atoms in total. The van der Waals surface area contributed by atoms with Crippen molar-refractivity contribution < 1.29 is 8.98 Å². The third-order valence-electron chi connectivity index (χ3n) is 6.00. The second-order valence-corrected chi connectivity index (χ2v) is 8.19. The molecule has 1 saturated heterocycles. The molecular formula is C27H27N2O+. The maximum atomic E-state index is 6.31. The molecule has 0 amide bonds. The fourth-order valence-corrected chi connectivity index (χ4v) is 4.16. The summed E-state index contributed by atoms with van der Waals surface area (Å²) in [5.41, 5.74) is 5.47. The number of rotatable bonds is 4. The van der Waals surface area contributed by atoms with Gasteiger partial charge in [0.05, 0.1) is 6.08 Å². The molecule has 0 saturated carbocycles. The predicted molar refractivity (Wildman–Crippen MR) is 122 cm³/mol. The van der Waals surface area contributed by atoms with Gasteiger partial charge in [-0.2, -0.15) is 0 Å². The summed E-state index contributed by atoms with van der Waals surface area (Å²) in [6, 6.07) is 27.4. The Hall–Kier alpha value is -3.33. The van der Waals surface area contributed by atoms with Crippen LogP contribution in [0.1, 0.15) is 25.7 Å². The zero-order valence-corrected chi connectivity index (χ0v) is 17.4. The molecule has 0 atom stereocenters. The van der Waals surface area contributed by atoms with E-state index >= 15 is 0 Å². The third-order valence-corrected chi connectivity index (χ3v) is 6.00. The first-order chi connectivity index (χ1) is 14.8. The summed E-state index contributed by atoms with van der Waals surface area (Å²) in [5.74, 6) is 1.67. The molecule has 1 aliphatic rings. The fourth-order valence-electron chi connectivity index (χ4n) is 4.16. The minimum Gasteiger partial charge on any atom is -0.398 e. The van der Waals surface area contributed by atoms with Crippen LogP contribution in [0.3, 0.4) is 0 Å². The summed E-state index contributed by atoms with van der Waals surface area (Å²) in [7, 11) is 0. The van der Waals surface area contributed by atoms with Gasteiger partial charge in [0.1, 0.15) is 0 Å². The van der Waals surface area contributed by atoms with Gasteiger partial charge in [-0.15, -0.1) is 4.57 Å². The molecule has 0 unspecified atom stereocenters. The number of fused-ring (bicyclic) bond motifs is 1. The lowest BCUT2D eigenvalue weighted by Gasteiger charge is -2.28. The summed E-state index contributed by atoms with van der Waals surface area (Å²) >= 11 is 0. The van der Waals surface area contributed by atoms with Crippen LogP contribution in [-0.4, -0.2) is 18.0 Å². The Labute approximate surface area is 177 Å². The number of likely N-dealkylation sites (tertiary alicyclic amines) is 1. The molecule has 0 N–H and O–H groups in total. The van der Waals surface area contributed by atoms with Crippen molar-refractivity contribution in [1.82, 2.24) is 4.90 Å². The first-order valence-electron chi connectivity index (χ1n) is 10.8. The van der Waals surface area contributed by atoms with Crippen LogP contribution in [-0.2, 0) is 0 Å². The van der Waals surface area contributed by atoms with E-state index in [1.165, 1.54) is 24.0 Å². The third kappa shape index (κ3) is 3.76. The average Bonchev–Trinajstić information content (AvgIpc) is 3.17. The van der Waals surface area contributed by atoms with Crippen molar-refractivity contribution in [3.8, 4) is 16.8 Å². The Morgan fingerprint density at radius 1 is 0.867 bits per heavy atom. The lowest BCUT2D eigenvalue weighted by atomic mass is 10.00. The molecule has 30 heavy (non-hydrogen) atoms. The smallest absolute Gasteiger partial charge is 0.381 e. The molecule has 150 valence electrons. The van der Waals surface area contributed by atoms with Crippen LogP contribution < -0.4 is 4.57 Å². The van der Waals surface area contributed by atoms with Gasteiger partial charge in [0, 0.05) is 37.5 Å². The molecule has 4 aromatic rings. The van der Waals surface area contributed by atoms with Crippen LogP contribution in [0.25, 0.3) is 34.0 Å². The highest BCUT2D eigenvalue weighted by Gasteiger charge is 2.24. The average molecular weight is 396 g/mol. The SMILES string of the molecule is CC1CCN(C=Cc2oc3ccc(-c4ccccc4)cc3[n+]2-c2ccccc2)CC1. The Bertz CT molecular complexity index is 1150. The Morgan fingerprint density at radius 2 is 1.57 bits per heavy atom. The van der Waals surface area contributed by atoms with Crippen LogP contribution in [0.4, 0.5) is 0 Å². The number of aromatic nitrogens is 1. The molecule has 3 heteroatoms. The van der Waals surface area contributed by atoms with Gasteiger partial charge in [0.15, 0.2) is 0 Å². The maximum absolute atomic E-state index is 6.31. The van der Waals surface area contributed by atoms with Crippen LogP contribution in [0.5, 0.6) is 0 Å². The van der Waals surface area contributed by atoms with Crippen molar-refractivity contribution in [3.63, 3.8) is 0 Å². The van der Waals surface area contributed by atoms with Gasteiger partial charge in [-0.3, -0.25) is 0 Å². The maximum Gasteiger partial charge on any atom is 0.381 e. The fraction of sp³-hybridized carbons (Fsp3) is 0.222. The highest BCUT2D eigenvalue weighted by Crippen LogP contribution is 2.26. The lowest BCUT2D eigenvalue weighted by Crippen LogP contribution is -2.32. The zero-order chi connectivity index (χ0) is 20.3. The Morgan fingerprint density at radius 3 is 2.30 bits per heavy atom. The van der Waals surface area contributed by atoms with Gasteiger partial charge < -0.3 is 9.32 Å². The largest absolute Gasteiger partial charge is 0.398 e. The molecule has 0 bridgehead atoms. The highest BCUT2D eigenvalue weighted by atomic mass is 16.4. The number of benzene rings is 3. The molecule has 1 aromatic heterocycles. The molecule has 1 aliphatic heterocycles. The topological polar surface area (TPSA) is 20.3 Å². The number of oxazole rings is 1. The van der Waals surface area contributed by atoms with Gasteiger partial charge >= 0.3 is 5.89 Å². The molecular weight excluding hydrogens is 368 g/mol. The predicted octanol–water partition coefficient (Wildman–Crippen LogP) is 6.08. The summed E-state index contributed by atoms with van der Waals surface area (Å²) in [6.45, 7) is 4.57. The van der Waals surface area contributed by atoms with Crippen molar-refractivity contribution in [3.05, 3.63) is 91.0 Å². The van der Waals surface area contributed by atoms with Crippen LogP contribution in [0.2, 0.25) is 0 Å². The molecule has 0 aliphatic carbocycles. The van der Waals surface area contributed by atoms with Crippen molar-refractivity contribution >= 4 is 17.2 Å². The summed E-state index contributed by atoms with van der Waals surface area (Å²) < 4.78 is 8.52. The molecule has 0 radical (unpaired) electrons. The second kappa shape index (κ2) is 8.19. The van der Waals surface area contributed by atoms with Crippen molar-refractivity contribution in [1.29, 1.82) is 0 Å². The lowest BCUT2D eigenvalue weighted by molar-refractivity contribution is -0.575. The summed E-state index contributed by atoms with van der Waals surface area (Å²) in [5, 5.41) is 0. The van der Waals surface area contributed by atoms with Gasteiger partial charge in [-0.1, -0.05) is 61.5 Å². The minimum absolute atomic E-state index is 0.825. The van der Waals surface area contributed by atoms with Crippen LogP contribution >= 0.6 is 0 Å². The monoisotopic (exact) mass is 395 g/mol. The van der Waals surface area contributed by atoms with Gasteiger partial charge in [-0.05, 0) is 36.0 Å². The molecule has 0 spiro atoms. The second-order valence-electron chi connectivity index (χ2n) is 8.19. The quantitative estimate of drug-likeness (QED) is 0.390. The molecule has 3 aromatic carbocycles. The van der Waals surface area contributed by atoms with E-state index in [9.17, 15) is 0 Å². The Balaban J connectivity index is 1.59. The van der Waals surface area contributed by atoms with E-state index in [0.29, 0.717) is 0 Å². The van der Waals surface area contributed by atoms with E-state index in [2.05, 4.69) is 95.4 Å². The standard InChI is InChI=1S/C27H27N2O/c1-21-14-17-28(18-15-21)19-16-27-29(24-10-6-3-7-11-24)25-20-23(12-13-26(25)30-27)22-8-4-2-5-9-22/h2-13,16,19-21H,14-15,17-18H2,1H3/q+1. The molecule has 5 rings (SSSR count). The van der Waals surface area contributed by atoms with Crippen molar-refractivity contribution in [2.24, 2.45) is 5.92 Å². The van der Waals surface area contributed by atoms with Gasteiger partial charge in [-0.25, -0.2) is 0 Å². The normalized spacial score (nSPS) is 15.3. The minimum atomic E-state index is 0.825. The number of hydrogen-bond donors (Lipinski definition) is 0. The Kier molecular flexibility index (Phi) is 5.10. The van der Waals surface area contributed by atoms with Gasteiger partial charge in [0.2, 0.25) is 11.3 Å². The summed E-state index contributed by atoms with van der Waals surface area (Å²) in [4.78, 5) is 2.40. The highest BCUT2D eigenvalue weighted by molar-refractivity contribution is 5.79. The van der Waals surface area contributed by atoms with Crippen LogP contribution in [0, 0.1) is 5.92 Å². The molecule has 1 fully saturated rings. The van der Waals surface area contributed by atoms with E-state index in [1.807, 2.05) is 12.1 Å². The van der Waals surface area contributed by atoms with E-state index in [4.69, 9.17) is 4.42 Å². The van der Waals surface area contributed by atoms with Crippen LogP contribution in [0.15, 0.2) is 89.5 Å². The van der Waals surface area contributed by atoms with Crippen molar-refractivity contribution in [2.75, 3.05) is 13.1 Å². The first kappa shape index (κ1) is 18.7. The van der Waals surface area contributed by atoms with E-state index in [-0.39, 0.29) is 0 Å². The number of nitrogens with zero attached hydrogens (tertiary/aromatic N) is 2. The van der Waals surface area contributed by atoms with E-state index in [0.717, 1.165) is 41.7 Å². The number of hydrogen-bond acceptors (Lipinski definition) is 2. The molecule has 2 heterocycles. The summed E-state index contributed by atoms with van der Waals surface area (Å²) in [6.07, 6.45) is 6.82. The van der Waals surface area contributed by atoms with E-state index in [1.54, 1.807) is 0 Å². The van der Waals surface area contributed by atoms with Crippen molar-refractivity contribution in [2.45, 2.75) is 19.8 Å². The zero-order valence-electron chi connectivity index (χ0n) is 17.4. The van der Waals surface area contributed by atoms with Gasteiger partial charge in [0.25, 0.3) is 5.52 Å². The first-order valence-corrected chi connectivity index (χ1v) is 10.8. The number of para-hydroxylation sites is 1. The number of piperidine rings is 1.